The van der Waals surface area contributed by atoms with Gasteiger partial charge in [0.1, 0.15) is 12.1 Å². The largest absolute Gasteiger partial charge is 0.391 e. The lowest BCUT2D eigenvalue weighted by molar-refractivity contribution is -0.132. The van der Waals surface area contributed by atoms with Crippen molar-refractivity contribution in [1.82, 2.24) is 19.8 Å². The van der Waals surface area contributed by atoms with E-state index in [1.165, 1.54) is 38.5 Å². The van der Waals surface area contributed by atoms with Crippen LogP contribution in [0.4, 0.5) is 5.82 Å². The maximum absolute atomic E-state index is 12.4. The topological polar surface area (TPSA) is 81.6 Å². The summed E-state index contributed by atoms with van der Waals surface area (Å²) in [6, 6.07) is 0. The normalized spacial score (nSPS) is 32.9. The molecule has 5 aliphatic rings. The maximum Gasteiger partial charge on any atom is 0.237 e. The average Bonchev–Trinajstić information content (AvgIpc) is 2.70. The van der Waals surface area contributed by atoms with Crippen LogP contribution >= 0.6 is 0 Å². The van der Waals surface area contributed by atoms with Crippen molar-refractivity contribution in [1.29, 1.82) is 0 Å². The summed E-state index contributed by atoms with van der Waals surface area (Å²) in [6.45, 7) is 2.21. The van der Waals surface area contributed by atoms with Gasteiger partial charge in [0.2, 0.25) is 5.91 Å². The minimum absolute atomic E-state index is 0.115. The molecule has 1 aromatic heterocycles. The van der Waals surface area contributed by atoms with Gasteiger partial charge in [-0.05, 0) is 82.2 Å². The Labute approximate surface area is 179 Å². The van der Waals surface area contributed by atoms with Gasteiger partial charge >= 0.3 is 0 Å². The predicted molar refractivity (Wildman–Crippen MR) is 115 cm³/mol. The average molecular weight is 414 g/mol. The van der Waals surface area contributed by atoms with E-state index in [0.717, 1.165) is 41.2 Å². The Hall–Kier alpha value is -1.73. The van der Waals surface area contributed by atoms with E-state index >= 15 is 0 Å². The van der Waals surface area contributed by atoms with E-state index in [4.69, 9.17) is 0 Å². The van der Waals surface area contributed by atoms with Crippen molar-refractivity contribution in [3.8, 4) is 0 Å². The van der Waals surface area contributed by atoms with E-state index in [1.54, 1.807) is 6.33 Å². The molecular weight excluding hydrogens is 378 g/mol. The molecule has 0 radical (unpaired) electrons. The second kappa shape index (κ2) is 7.75. The van der Waals surface area contributed by atoms with Gasteiger partial charge in [0, 0.05) is 18.7 Å². The quantitative estimate of drug-likeness (QED) is 0.742. The van der Waals surface area contributed by atoms with Crippen LogP contribution in [0.1, 0.15) is 49.8 Å². The van der Waals surface area contributed by atoms with E-state index in [0.29, 0.717) is 26.2 Å². The number of rotatable bonds is 6. The Morgan fingerprint density at radius 3 is 2.53 bits per heavy atom. The van der Waals surface area contributed by atoms with Crippen molar-refractivity contribution in [2.45, 2.75) is 57.6 Å². The minimum atomic E-state index is -0.321. The Kier molecular flexibility index (Phi) is 5.22. The molecule has 1 unspecified atom stereocenters. The first kappa shape index (κ1) is 20.2. The number of likely N-dealkylation sites (N-methyl/N-ethyl adjacent to an activating group) is 1. The molecule has 1 aromatic rings. The van der Waals surface area contributed by atoms with Crippen LogP contribution in [-0.2, 0) is 17.8 Å². The van der Waals surface area contributed by atoms with Crippen LogP contribution in [0.3, 0.4) is 0 Å². The smallest absolute Gasteiger partial charge is 0.237 e. The molecule has 7 nitrogen and oxygen atoms in total. The number of aromatic nitrogens is 2. The minimum Gasteiger partial charge on any atom is -0.391 e. The van der Waals surface area contributed by atoms with Crippen molar-refractivity contribution in [2.24, 2.45) is 23.2 Å². The van der Waals surface area contributed by atoms with Crippen molar-refractivity contribution < 1.29 is 9.90 Å². The predicted octanol–water partition coefficient (Wildman–Crippen LogP) is 1.91. The zero-order chi connectivity index (χ0) is 20.9. The lowest BCUT2D eigenvalue weighted by Gasteiger charge is -2.58. The molecule has 1 atom stereocenters. The number of fused-ring (bicyclic) bond motifs is 1. The van der Waals surface area contributed by atoms with Crippen LogP contribution < -0.4 is 5.32 Å². The molecule has 4 aliphatic carbocycles. The molecule has 2 N–H and O–H groups in total. The SMILES string of the molecule is CN(C)CC(=O)N1CCc2c(ncnc2NCC(O)C23CC4CC(CC(C4)C2)C3)C1. The van der Waals surface area contributed by atoms with E-state index in [-0.39, 0.29) is 17.4 Å². The first-order chi connectivity index (χ1) is 14.4. The van der Waals surface area contributed by atoms with Gasteiger partial charge in [0.25, 0.3) is 0 Å². The number of nitrogens with zero attached hydrogens (tertiary/aromatic N) is 4. The second-order valence-electron chi connectivity index (χ2n) is 10.6. The fourth-order valence-corrected chi connectivity index (χ4v) is 7.09. The fraction of sp³-hybridized carbons (Fsp3) is 0.783. The number of hydrogen-bond donors (Lipinski definition) is 2. The molecule has 4 bridgehead atoms. The summed E-state index contributed by atoms with van der Waals surface area (Å²) in [5.41, 5.74) is 2.14. The van der Waals surface area contributed by atoms with Crippen molar-refractivity contribution in [2.75, 3.05) is 39.0 Å². The van der Waals surface area contributed by atoms with E-state index in [2.05, 4.69) is 15.3 Å². The van der Waals surface area contributed by atoms with Gasteiger partial charge in [-0.3, -0.25) is 4.79 Å². The van der Waals surface area contributed by atoms with Crippen molar-refractivity contribution >= 4 is 11.7 Å². The number of carbonyl (C=O) groups is 1. The summed E-state index contributed by atoms with van der Waals surface area (Å²) in [5.74, 6) is 3.48. The number of carbonyl (C=O) groups excluding carboxylic acids is 1. The van der Waals surface area contributed by atoms with E-state index in [1.807, 2.05) is 23.9 Å². The van der Waals surface area contributed by atoms with Gasteiger partial charge in [-0.2, -0.15) is 0 Å². The van der Waals surface area contributed by atoms with Gasteiger partial charge < -0.3 is 20.2 Å². The third-order valence-corrected chi connectivity index (χ3v) is 8.07. The maximum atomic E-state index is 12.4. The van der Waals surface area contributed by atoms with E-state index < -0.39 is 0 Å². The van der Waals surface area contributed by atoms with Crippen LogP contribution in [-0.4, -0.2) is 70.6 Å². The molecule has 0 saturated heterocycles. The lowest BCUT2D eigenvalue weighted by atomic mass is 9.48. The lowest BCUT2D eigenvalue weighted by Crippen LogP contribution is -2.53. The fourth-order valence-electron chi connectivity index (χ4n) is 7.09. The summed E-state index contributed by atoms with van der Waals surface area (Å²) in [7, 11) is 3.82. The molecule has 0 aromatic carbocycles. The van der Waals surface area contributed by atoms with Gasteiger partial charge in [-0.15, -0.1) is 0 Å². The molecule has 4 saturated carbocycles. The third-order valence-electron chi connectivity index (χ3n) is 8.07. The standard InChI is InChI=1S/C23H35N5O2/c1-27(2)13-21(30)28-4-3-18-19(12-28)25-14-26-22(18)24-11-20(29)23-8-15-5-16(9-23)7-17(6-15)10-23/h14-17,20,29H,3-13H2,1-2H3,(H,24,25,26). The summed E-state index contributed by atoms with van der Waals surface area (Å²) in [5, 5.41) is 14.7. The Morgan fingerprint density at radius 1 is 1.23 bits per heavy atom. The summed E-state index contributed by atoms with van der Waals surface area (Å²) < 4.78 is 0. The zero-order valence-electron chi connectivity index (χ0n) is 18.3. The molecule has 0 spiro atoms. The Bertz CT molecular complexity index is 775. The molecule has 1 amide bonds. The third kappa shape index (κ3) is 3.71. The van der Waals surface area contributed by atoms with Crippen LogP contribution in [0.25, 0.3) is 0 Å². The highest BCUT2D eigenvalue weighted by molar-refractivity contribution is 5.78. The summed E-state index contributed by atoms with van der Waals surface area (Å²) in [6.07, 6.45) is 9.79. The van der Waals surface area contributed by atoms with Gasteiger partial charge in [0.15, 0.2) is 0 Å². The van der Waals surface area contributed by atoms with Gasteiger partial charge in [-0.25, -0.2) is 9.97 Å². The molecule has 6 rings (SSSR count). The molecule has 1 aliphatic heterocycles. The molecule has 2 heterocycles. The summed E-state index contributed by atoms with van der Waals surface area (Å²) in [4.78, 5) is 25.1. The molecule has 7 heteroatoms. The van der Waals surface area contributed by atoms with Crippen molar-refractivity contribution in [3.63, 3.8) is 0 Å². The molecule has 30 heavy (non-hydrogen) atoms. The van der Waals surface area contributed by atoms with Crippen molar-refractivity contribution in [3.05, 3.63) is 17.6 Å². The van der Waals surface area contributed by atoms with E-state index in [9.17, 15) is 9.90 Å². The molecular formula is C23H35N5O2. The highest BCUT2D eigenvalue weighted by Crippen LogP contribution is 2.61. The number of amides is 1. The first-order valence-electron chi connectivity index (χ1n) is 11.6. The summed E-state index contributed by atoms with van der Waals surface area (Å²) >= 11 is 0. The first-order valence-corrected chi connectivity index (χ1v) is 11.6. The Balaban J connectivity index is 1.24. The highest BCUT2D eigenvalue weighted by Gasteiger charge is 2.53. The van der Waals surface area contributed by atoms with Crippen LogP contribution in [0.5, 0.6) is 0 Å². The number of aliphatic hydroxyl groups is 1. The highest BCUT2D eigenvalue weighted by atomic mass is 16.3. The zero-order valence-corrected chi connectivity index (χ0v) is 18.3. The van der Waals surface area contributed by atoms with Crippen LogP contribution in [0.15, 0.2) is 6.33 Å². The number of nitrogens with one attached hydrogen (secondary N) is 1. The Morgan fingerprint density at radius 2 is 1.90 bits per heavy atom. The van der Waals surface area contributed by atoms with Gasteiger partial charge in [-0.1, -0.05) is 0 Å². The molecule has 4 fully saturated rings. The number of aliphatic hydroxyl groups excluding tert-OH is 1. The molecule has 164 valence electrons. The van der Waals surface area contributed by atoms with Crippen LogP contribution in [0.2, 0.25) is 0 Å². The second-order valence-corrected chi connectivity index (χ2v) is 10.6. The number of hydrogen-bond acceptors (Lipinski definition) is 6. The number of anilines is 1. The van der Waals surface area contributed by atoms with Gasteiger partial charge in [0.05, 0.1) is 24.9 Å². The van der Waals surface area contributed by atoms with Crippen LogP contribution in [0, 0.1) is 23.2 Å². The monoisotopic (exact) mass is 413 g/mol.